The van der Waals surface area contributed by atoms with E-state index in [4.69, 9.17) is 11.6 Å². The molecule has 1 amide bonds. The molecule has 108 valence electrons. The molecule has 1 N–H and O–H groups in total. The van der Waals surface area contributed by atoms with Gasteiger partial charge in [0.25, 0.3) is 5.91 Å². The molecule has 0 aliphatic carbocycles. The molecular weight excluding hydrogens is 292 g/mol. The van der Waals surface area contributed by atoms with E-state index in [0.29, 0.717) is 10.7 Å². The number of methoxy groups -OCH3 is 1. The molecule has 0 aliphatic rings. The third kappa shape index (κ3) is 3.38. The Balaban J connectivity index is 2.25. The van der Waals surface area contributed by atoms with Crippen molar-refractivity contribution in [3.63, 3.8) is 0 Å². The van der Waals surface area contributed by atoms with E-state index in [1.54, 1.807) is 31.2 Å². The summed E-state index contributed by atoms with van der Waals surface area (Å²) in [6.45, 7) is 1.80. The topological polar surface area (TPSA) is 68.3 Å². The fourth-order valence-electron chi connectivity index (χ4n) is 1.71. The lowest BCUT2D eigenvalue weighted by Gasteiger charge is -2.09. The van der Waals surface area contributed by atoms with Crippen LogP contribution in [0.3, 0.4) is 0 Å². The number of benzene rings is 1. The lowest BCUT2D eigenvalue weighted by molar-refractivity contribution is 0.0594. The number of nitrogens with one attached hydrogen (secondary N) is 1. The molecule has 5 nitrogen and oxygen atoms in total. The Morgan fingerprint density at radius 2 is 1.81 bits per heavy atom. The van der Waals surface area contributed by atoms with Crippen molar-refractivity contribution in [3.8, 4) is 0 Å². The molecule has 0 saturated carbocycles. The van der Waals surface area contributed by atoms with Gasteiger partial charge in [-0.1, -0.05) is 23.7 Å². The number of nitrogens with zero attached hydrogens (tertiary/aromatic N) is 1. The molecule has 1 heterocycles. The predicted octanol–water partition coefficient (Wildman–Crippen LogP) is 3.08. The summed E-state index contributed by atoms with van der Waals surface area (Å²) in [6.07, 6.45) is 0. The molecule has 0 radical (unpaired) electrons. The minimum absolute atomic E-state index is 0.0768. The number of anilines is 1. The molecule has 0 atom stereocenters. The van der Waals surface area contributed by atoms with Crippen molar-refractivity contribution in [1.29, 1.82) is 0 Å². The first-order valence-corrected chi connectivity index (χ1v) is 6.52. The Bertz CT molecular complexity index is 701. The van der Waals surface area contributed by atoms with Gasteiger partial charge in [0, 0.05) is 10.7 Å². The van der Waals surface area contributed by atoms with Gasteiger partial charge in [-0.25, -0.2) is 9.78 Å². The van der Waals surface area contributed by atoms with Crippen LogP contribution in [0.2, 0.25) is 5.02 Å². The molecule has 21 heavy (non-hydrogen) atoms. The van der Waals surface area contributed by atoms with E-state index >= 15 is 0 Å². The van der Waals surface area contributed by atoms with E-state index in [0.717, 1.165) is 5.56 Å². The zero-order valence-corrected chi connectivity index (χ0v) is 12.3. The Kier molecular flexibility index (Phi) is 4.55. The van der Waals surface area contributed by atoms with Crippen LogP contribution in [0.5, 0.6) is 0 Å². The highest BCUT2D eigenvalue weighted by atomic mass is 35.5. The third-order valence-electron chi connectivity index (χ3n) is 2.89. The molecule has 0 spiro atoms. The summed E-state index contributed by atoms with van der Waals surface area (Å²) in [7, 11) is 1.26. The molecule has 2 aromatic rings. The van der Waals surface area contributed by atoms with E-state index in [2.05, 4.69) is 15.0 Å². The molecular formula is C15H13ClN2O3. The second-order valence-electron chi connectivity index (χ2n) is 4.27. The summed E-state index contributed by atoms with van der Waals surface area (Å²) in [5, 5.41) is 3.27. The summed E-state index contributed by atoms with van der Waals surface area (Å²) in [4.78, 5) is 27.6. The van der Waals surface area contributed by atoms with Gasteiger partial charge in [0.15, 0.2) is 0 Å². The maximum atomic E-state index is 12.2. The quantitative estimate of drug-likeness (QED) is 0.885. The number of aromatic nitrogens is 1. The third-order valence-corrected chi connectivity index (χ3v) is 3.30. The number of carbonyl (C=O) groups excluding carboxylic acids is 2. The van der Waals surface area contributed by atoms with Crippen molar-refractivity contribution < 1.29 is 14.3 Å². The van der Waals surface area contributed by atoms with Crippen LogP contribution < -0.4 is 5.32 Å². The average Bonchev–Trinajstić information content (AvgIpc) is 2.51. The Morgan fingerprint density at radius 1 is 1.14 bits per heavy atom. The second-order valence-corrected chi connectivity index (χ2v) is 4.67. The summed E-state index contributed by atoms with van der Waals surface area (Å²) in [5.74, 6) is -1.02. The first kappa shape index (κ1) is 15.0. The summed E-state index contributed by atoms with van der Waals surface area (Å²) < 4.78 is 4.57. The monoisotopic (exact) mass is 304 g/mol. The number of hydrogen-bond acceptors (Lipinski definition) is 4. The highest BCUT2D eigenvalue weighted by Gasteiger charge is 2.13. The molecule has 0 unspecified atom stereocenters. The lowest BCUT2D eigenvalue weighted by Crippen LogP contribution is -2.16. The smallest absolute Gasteiger partial charge is 0.356 e. The van der Waals surface area contributed by atoms with Crippen LogP contribution >= 0.6 is 11.6 Å². The molecule has 0 saturated heterocycles. The van der Waals surface area contributed by atoms with Crippen molar-refractivity contribution in [1.82, 2.24) is 4.98 Å². The van der Waals surface area contributed by atoms with Crippen LogP contribution in [0, 0.1) is 6.92 Å². The van der Waals surface area contributed by atoms with Gasteiger partial charge < -0.3 is 10.1 Å². The number of ether oxygens (including phenoxy) is 1. The highest BCUT2D eigenvalue weighted by Crippen LogP contribution is 2.23. The fourth-order valence-corrected chi connectivity index (χ4v) is 1.88. The largest absolute Gasteiger partial charge is 0.464 e. The first-order valence-electron chi connectivity index (χ1n) is 6.14. The highest BCUT2D eigenvalue weighted by molar-refractivity contribution is 6.31. The van der Waals surface area contributed by atoms with Gasteiger partial charge in [-0.3, -0.25) is 4.79 Å². The van der Waals surface area contributed by atoms with Crippen LogP contribution in [0.15, 0.2) is 36.4 Å². The van der Waals surface area contributed by atoms with E-state index in [-0.39, 0.29) is 11.4 Å². The van der Waals surface area contributed by atoms with Crippen LogP contribution in [-0.2, 0) is 4.74 Å². The summed E-state index contributed by atoms with van der Waals surface area (Å²) >= 11 is 6.00. The number of halogens is 1. The average molecular weight is 305 g/mol. The molecule has 6 heteroatoms. The number of amides is 1. The first-order chi connectivity index (χ1) is 10.0. The molecule has 1 aromatic heterocycles. The van der Waals surface area contributed by atoms with Crippen LogP contribution in [0.25, 0.3) is 0 Å². The van der Waals surface area contributed by atoms with Crippen molar-refractivity contribution in [2.24, 2.45) is 0 Å². The van der Waals surface area contributed by atoms with Gasteiger partial charge in [0.05, 0.1) is 7.11 Å². The molecule has 0 aliphatic heterocycles. The Morgan fingerprint density at radius 3 is 2.52 bits per heavy atom. The van der Waals surface area contributed by atoms with Crippen molar-refractivity contribution in [2.75, 3.05) is 12.4 Å². The minimum Gasteiger partial charge on any atom is -0.464 e. The number of esters is 1. The van der Waals surface area contributed by atoms with E-state index in [1.165, 1.54) is 19.2 Å². The van der Waals surface area contributed by atoms with E-state index < -0.39 is 11.9 Å². The van der Waals surface area contributed by atoms with Crippen molar-refractivity contribution in [2.45, 2.75) is 6.92 Å². The van der Waals surface area contributed by atoms with Crippen molar-refractivity contribution >= 4 is 29.2 Å². The predicted molar refractivity (Wildman–Crippen MR) is 79.7 cm³/mol. The normalized spacial score (nSPS) is 10.0. The zero-order chi connectivity index (χ0) is 15.4. The van der Waals surface area contributed by atoms with Crippen molar-refractivity contribution in [3.05, 3.63) is 58.4 Å². The van der Waals surface area contributed by atoms with E-state index in [1.807, 2.05) is 0 Å². The minimum atomic E-state index is -0.594. The van der Waals surface area contributed by atoms with Gasteiger partial charge in [-0.15, -0.1) is 0 Å². The van der Waals surface area contributed by atoms with Crippen LogP contribution in [0.1, 0.15) is 26.5 Å². The zero-order valence-electron chi connectivity index (χ0n) is 11.5. The second kappa shape index (κ2) is 6.37. The molecule has 0 fully saturated rings. The van der Waals surface area contributed by atoms with Gasteiger partial charge >= 0.3 is 5.97 Å². The Labute approximate surface area is 126 Å². The van der Waals surface area contributed by atoms with Crippen LogP contribution in [0.4, 0.5) is 5.69 Å². The summed E-state index contributed by atoms with van der Waals surface area (Å²) in [5.41, 5.74) is 1.56. The fraction of sp³-hybridized carbons (Fsp3) is 0.133. The molecule has 0 bridgehead atoms. The van der Waals surface area contributed by atoms with E-state index in [9.17, 15) is 9.59 Å². The SMILES string of the molecule is COC(=O)c1cccc(C(=O)Nc2cccc(Cl)c2C)n1. The van der Waals surface area contributed by atoms with Gasteiger partial charge in [0.1, 0.15) is 11.4 Å². The number of rotatable bonds is 3. The molecule has 2 rings (SSSR count). The van der Waals surface area contributed by atoms with Gasteiger partial charge in [0.2, 0.25) is 0 Å². The summed E-state index contributed by atoms with van der Waals surface area (Å²) in [6, 6.07) is 9.78. The van der Waals surface area contributed by atoms with Crippen LogP contribution in [-0.4, -0.2) is 24.0 Å². The molecule has 1 aromatic carbocycles. The lowest BCUT2D eigenvalue weighted by atomic mass is 10.2. The number of carbonyl (C=O) groups is 2. The van der Waals surface area contributed by atoms with Gasteiger partial charge in [-0.05, 0) is 36.8 Å². The number of pyridine rings is 1. The Hall–Kier alpha value is -2.40. The van der Waals surface area contributed by atoms with Gasteiger partial charge in [-0.2, -0.15) is 0 Å². The standard InChI is InChI=1S/C15H13ClN2O3/c1-9-10(16)5-3-6-11(9)18-14(19)12-7-4-8-13(17-12)15(20)21-2/h3-8H,1-2H3,(H,18,19). The maximum absolute atomic E-state index is 12.2. The number of hydrogen-bond donors (Lipinski definition) is 1. The maximum Gasteiger partial charge on any atom is 0.356 e.